The second-order valence-electron chi connectivity index (χ2n) is 34.7. The third kappa shape index (κ3) is 21.3. The maximum absolute atomic E-state index is 11.8. The first kappa shape index (κ1) is 85.6. The zero-order valence-corrected chi connectivity index (χ0v) is 71.3. The first-order chi connectivity index (χ1) is 46.1. The Kier molecular flexibility index (Phi) is 29.3. The lowest BCUT2D eigenvalue weighted by Gasteiger charge is -2.43. The number of aryl methyl sites for hydroxylation is 6. The third-order valence-electron chi connectivity index (χ3n) is 23.1. The highest BCUT2D eigenvalue weighted by atomic mass is 79.9. The number of halogens is 1. The van der Waals surface area contributed by atoms with Gasteiger partial charge in [-0.15, -0.1) is 0 Å². The van der Waals surface area contributed by atoms with Crippen molar-refractivity contribution in [3.8, 4) is 11.1 Å². The van der Waals surface area contributed by atoms with Crippen molar-refractivity contribution >= 4 is 57.1 Å². The summed E-state index contributed by atoms with van der Waals surface area (Å²) in [7, 11) is -1.29. The van der Waals surface area contributed by atoms with E-state index in [1.54, 1.807) is 18.6 Å². The number of hydrogen-bond donors (Lipinski definition) is 0. The number of aromatic nitrogens is 2. The quantitative estimate of drug-likeness (QED) is 0.0428. The van der Waals surface area contributed by atoms with E-state index in [0.717, 1.165) is 83.6 Å². The van der Waals surface area contributed by atoms with E-state index >= 15 is 0 Å². The molecule has 550 valence electrons. The highest BCUT2D eigenvalue weighted by molar-refractivity contribution is 9.10. The van der Waals surface area contributed by atoms with Gasteiger partial charge in [0.15, 0.2) is 16.6 Å². The standard InChI is InChI=1S/C40H59NO3Si.C38H63BO3Si.C8H8BrNO2/c1-14-40(15-2,34-19-20-35(29(4)23-34)32-24-30(26-41-27-32)25-37(42)43-11)33-18-16-31(28(3)22-33)17-21-36(38(5,6)7)44-45(12,13)39(8,9)10;1-17-38(18-2,31-22-23-32(28(4)26-31)39-41-36(11,12)37(13,14)42-39)30-21-19-29(27(3)25-30)20-24-33(34(5,6)7)40-43(15,16)35(8,9)10;1-12-8(11)3-6-2-7(9)5-10-4-6/h16,18-20,22-24,26-27,36H,14-15,17,21,25H2,1-13H3;19,21-23,25-26,33H,17-18,20,24H2,1-16H3;2,4-5H,3H2,1H3. The predicted octanol–water partition coefficient (Wildman–Crippen LogP) is 22.2. The van der Waals surface area contributed by atoms with Gasteiger partial charge in [-0.05, 0) is 254 Å². The smallest absolute Gasteiger partial charge is 0.469 e. The van der Waals surface area contributed by atoms with Gasteiger partial charge in [-0.25, -0.2) is 0 Å². The number of methoxy groups -OCH3 is 2. The fraction of sp³-hybridized carbons (Fsp3) is 0.581. The van der Waals surface area contributed by atoms with Crippen LogP contribution in [0.3, 0.4) is 0 Å². The van der Waals surface area contributed by atoms with Crippen LogP contribution in [0.15, 0.2) is 114 Å². The SMILES string of the molecule is CCC(CC)(c1ccc(CCC(O[Si](C)(C)C(C)(C)C)C(C)(C)C)c(C)c1)c1ccc(-c2cncc(CC(=O)OC)c2)c(C)c1.CCC(CC)(c1ccc(CCC(O[Si](C)(C)C(C)(C)C)C(C)(C)C)c(C)c1)c1ccc(B2OC(C)(C)C(C)(C)O2)c(C)c1.COC(=O)Cc1cncc(Br)c1. The van der Waals surface area contributed by atoms with E-state index in [4.69, 9.17) is 22.9 Å². The maximum Gasteiger partial charge on any atom is 0.495 e. The minimum Gasteiger partial charge on any atom is -0.469 e. The van der Waals surface area contributed by atoms with Crippen LogP contribution in [0.25, 0.3) is 11.1 Å². The molecule has 2 aromatic heterocycles. The Morgan fingerprint density at radius 1 is 0.500 bits per heavy atom. The van der Waals surface area contributed by atoms with Crippen molar-refractivity contribution in [3.63, 3.8) is 0 Å². The van der Waals surface area contributed by atoms with Gasteiger partial charge in [0.05, 0.1) is 50.5 Å². The Balaban J connectivity index is 0.000000309. The van der Waals surface area contributed by atoms with Crippen LogP contribution in [0.2, 0.25) is 36.3 Å². The fourth-order valence-electron chi connectivity index (χ4n) is 13.2. The van der Waals surface area contributed by atoms with Crippen molar-refractivity contribution in [1.29, 1.82) is 0 Å². The van der Waals surface area contributed by atoms with E-state index in [1.807, 2.05) is 18.3 Å². The number of rotatable bonds is 24. The van der Waals surface area contributed by atoms with Crippen LogP contribution in [0, 0.1) is 38.5 Å². The molecule has 3 heterocycles. The zero-order chi connectivity index (χ0) is 75.6. The van der Waals surface area contributed by atoms with Crippen LogP contribution in [0.1, 0.15) is 244 Å². The molecule has 0 aliphatic carbocycles. The lowest BCUT2D eigenvalue weighted by atomic mass is 9.67. The van der Waals surface area contributed by atoms with E-state index in [1.165, 1.54) is 69.9 Å². The van der Waals surface area contributed by atoms with Crippen molar-refractivity contribution in [3.05, 3.63) is 181 Å². The second kappa shape index (κ2) is 34.2. The monoisotopic (exact) mass is 1460 g/mol. The Labute approximate surface area is 618 Å². The van der Waals surface area contributed by atoms with E-state index in [0.29, 0.717) is 0 Å². The van der Waals surface area contributed by atoms with Gasteiger partial charge in [0, 0.05) is 45.7 Å². The molecule has 1 saturated heterocycles. The van der Waals surface area contributed by atoms with Crippen LogP contribution < -0.4 is 5.46 Å². The van der Waals surface area contributed by atoms with Crippen molar-refractivity contribution in [2.45, 2.75) is 301 Å². The van der Waals surface area contributed by atoms with Crippen LogP contribution >= 0.6 is 15.9 Å². The molecular weight excluding hydrogens is 1340 g/mol. The fourth-order valence-corrected chi connectivity index (χ4v) is 16.7. The molecule has 7 rings (SSSR count). The molecular formula is C86H130BBrN2O8Si2. The van der Waals surface area contributed by atoms with Gasteiger partial charge < -0.3 is 27.6 Å². The number of carbonyl (C=O) groups excluding carboxylic acids is 2. The number of carbonyl (C=O) groups is 2. The molecule has 2 unspecified atom stereocenters. The van der Waals surface area contributed by atoms with Crippen molar-refractivity contribution < 1.29 is 37.2 Å². The Morgan fingerprint density at radius 3 is 1.20 bits per heavy atom. The molecule has 0 bridgehead atoms. The van der Waals surface area contributed by atoms with Crippen molar-refractivity contribution in [2.75, 3.05) is 14.2 Å². The second-order valence-corrected chi connectivity index (χ2v) is 45.1. The highest BCUT2D eigenvalue weighted by Gasteiger charge is 2.52. The number of hydrogen-bond acceptors (Lipinski definition) is 10. The molecule has 100 heavy (non-hydrogen) atoms. The average Bonchev–Trinajstić information content (AvgIpc) is 1.34. The Morgan fingerprint density at radius 2 is 0.860 bits per heavy atom. The molecule has 1 aliphatic rings. The Bertz CT molecular complexity index is 3680. The summed E-state index contributed by atoms with van der Waals surface area (Å²) in [5.74, 6) is -0.513. The van der Waals surface area contributed by atoms with Gasteiger partial charge in [-0.3, -0.25) is 19.6 Å². The summed E-state index contributed by atoms with van der Waals surface area (Å²) < 4.78 is 37.0. The van der Waals surface area contributed by atoms with Gasteiger partial charge in [0.25, 0.3) is 0 Å². The summed E-state index contributed by atoms with van der Waals surface area (Å²) in [6.07, 6.45) is 16.1. The molecule has 10 nitrogen and oxygen atoms in total. The summed E-state index contributed by atoms with van der Waals surface area (Å²) in [5.41, 5.74) is 17.9. The first-order valence-electron chi connectivity index (χ1n) is 36.9. The highest BCUT2D eigenvalue weighted by Crippen LogP contribution is 2.46. The minimum absolute atomic E-state index is 0.0398. The molecule has 1 aliphatic heterocycles. The number of ether oxygens (including phenoxy) is 2. The normalized spacial score (nSPS) is 15.1. The summed E-state index contributed by atoms with van der Waals surface area (Å²) in [6, 6.07) is 32.1. The lowest BCUT2D eigenvalue weighted by molar-refractivity contribution is -0.140. The summed E-state index contributed by atoms with van der Waals surface area (Å²) in [6.45, 7) is 64.1. The van der Waals surface area contributed by atoms with Gasteiger partial charge in [-0.2, -0.15) is 0 Å². The van der Waals surface area contributed by atoms with Crippen molar-refractivity contribution in [1.82, 2.24) is 9.97 Å². The van der Waals surface area contributed by atoms with Gasteiger partial charge in [0.1, 0.15) is 0 Å². The van der Waals surface area contributed by atoms with Crippen LogP contribution in [-0.4, -0.2) is 83.3 Å². The average molecular weight is 1470 g/mol. The first-order valence-corrected chi connectivity index (χ1v) is 43.5. The summed E-state index contributed by atoms with van der Waals surface area (Å²) in [5, 5.41) is 0.401. The molecule has 0 N–H and O–H groups in total. The minimum atomic E-state index is -1.87. The molecule has 6 aromatic rings. The molecule has 0 amide bonds. The predicted molar refractivity (Wildman–Crippen MR) is 429 cm³/mol. The maximum atomic E-state index is 11.8. The number of benzene rings is 4. The lowest BCUT2D eigenvalue weighted by Crippen LogP contribution is -2.47. The van der Waals surface area contributed by atoms with Crippen LogP contribution in [-0.2, 0) is 73.7 Å². The number of nitrogens with zero attached hydrogens (tertiary/aromatic N) is 2. The zero-order valence-electron chi connectivity index (χ0n) is 67.7. The van der Waals surface area contributed by atoms with E-state index in [-0.39, 0.29) is 87.0 Å². The van der Waals surface area contributed by atoms with E-state index in [2.05, 4.69) is 296 Å². The van der Waals surface area contributed by atoms with Crippen LogP contribution in [0.4, 0.5) is 0 Å². The van der Waals surface area contributed by atoms with Crippen LogP contribution in [0.5, 0.6) is 0 Å². The van der Waals surface area contributed by atoms with E-state index in [9.17, 15) is 9.59 Å². The molecule has 4 aromatic carbocycles. The molecule has 2 atom stereocenters. The number of pyridine rings is 2. The van der Waals surface area contributed by atoms with Gasteiger partial charge >= 0.3 is 19.1 Å². The topological polar surface area (TPSA) is 115 Å². The third-order valence-corrected chi connectivity index (χ3v) is 32.5. The Hall–Kier alpha value is -5.06. The molecule has 1 fully saturated rings. The van der Waals surface area contributed by atoms with Gasteiger partial charge in [0.2, 0.25) is 0 Å². The summed E-state index contributed by atoms with van der Waals surface area (Å²) >= 11 is 3.26. The van der Waals surface area contributed by atoms with E-state index < -0.39 is 16.6 Å². The molecule has 0 radical (unpaired) electrons. The number of esters is 2. The largest absolute Gasteiger partial charge is 0.495 e. The molecule has 0 spiro atoms. The van der Waals surface area contributed by atoms with Crippen molar-refractivity contribution in [2.24, 2.45) is 10.8 Å². The molecule has 14 heteroatoms. The molecule has 0 saturated carbocycles. The summed E-state index contributed by atoms with van der Waals surface area (Å²) in [4.78, 5) is 31.0. The van der Waals surface area contributed by atoms with Gasteiger partial charge in [-0.1, -0.05) is 189 Å².